The first kappa shape index (κ1) is 16.3. The van der Waals surface area contributed by atoms with Gasteiger partial charge in [-0.25, -0.2) is 0 Å². The van der Waals surface area contributed by atoms with E-state index < -0.39 is 0 Å². The second kappa shape index (κ2) is 7.81. The van der Waals surface area contributed by atoms with Crippen LogP contribution in [0.25, 0.3) is 0 Å². The third kappa shape index (κ3) is 3.85. The van der Waals surface area contributed by atoms with E-state index in [0.29, 0.717) is 12.1 Å². The topological polar surface area (TPSA) is 54.5 Å². The summed E-state index contributed by atoms with van der Waals surface area (Å²) in [6, 6.07) is 9.61. The molecule has 1 amide bonds. The number of carbonyl (C=O) groups excluding carboxylic acids is 1. The minimum atomic E-state index is -0.118. The first-order valence-electron chi connectivity index (χ1n) is 8.38. The van der Waals surface area contributed by atoms with Crippen molar-refractivity contribution in [2.24, 2.45) is 0 Å². The summed E-state index contributed by atoms with van der Waals surface area (Å²) in [5.41, 5.74) is 2.57. The first-order valence-corrected chi connectivity index (χ1v) is 8.38. The van der Waals surface area contributed by atoms with Gasteiger partial charge in [0.1, 0.15) is 5.75 Å². The van der Waals surface area contributed by atoms with Gasteiger partial charge in [0.05, 0.1) is 24.6 Å². The molecular formula is C19H23N3O2. The van der Waals surface area contributed by atoms with Crippen LogP contribution >= 0.6 is 0 Å². The number of nitrogens with zero attached hydrogens (tertiary/aromatic N) is 2. The average Bonchev–Trinajstić information content (AvgIpc) is 2.67. The molecule has 1 N–H and O–H groups in total. The van der Waals surface area contributed by atoms with Crippen molar-refractivity contribution in [2.45, 2.75) is 25.8 Å². The molecule has 3 rings (SSSR count). The van der Waals surface area contributed by atoms with Crippen LogP contribution in [-0.4, -0.2) is 31.1 Å². The van der Waals surface area contributed by atoms with Crippen LogP contribution in [0.3, 0.4) is 0 Å². The van der Waals surface area contributed by atoms with E-state index in [1.54, 1.807) is 13.3 Å². The van der Waals surface area contributed by atoms with Crippen LogP contribution in [0.5, 0.6) is 5.75 Å². The SMILES string of the molecule is COc1ccccc1CNC(=O)c1cncc(N2CCCCC2)c1. The third-order valence-electron chi connectivity index (χ3n) is 4.34. The van der Waals surface area contributed by atoms with Crippen LogP contribution in [0.1, 0.15) is 35.2 Å². The molecule has 2 aromatic rings. The summed E-state index contributed by atoms with van der Waals surface area (Å²) in [6.45, 7) is 2.50. The molecule has 1 saturated heterocycles. The normalized spacial score (nSPS) is 14.3. The van der Waals surface area contributed by atoms with Crippen molar-refractivity contribution < 1.29 is 9.53 Å². The molecule has 1 aromatic carbocycles. The fourth-order valence-electron chi connectivity index (χ4n) is 3.00. The Labute approximate surface area is 142 Å². The van der Waals surface area contributed by atoms with E-state index in [4.69, 9.17) is 4.74 Å². The maximum absolute atomic E-state index is 12.4. The Morgan fingerprint density at radius 3 is 2.79 bits per heavy atom. The van der Waals surface area contributed by atoms with Crippen LogP contribution in [0.4, 0.5) is 5.69 Å². The van der Waals surface area contributed by atoms with E-state index >= 15 is 0 Å². The Balaban J connectivity index is 1.66. The molecule has 1 fully saturated rings. The highest BCUT2D eigenvalue weighted by atomic mass is 16.5. The molecule has 0 saturated carbocycles. The number of piperidine rings is 1. The first-order chi connectivity index (χ1) is 11.8. The van der Waals surface area contributed by atoms with Gasteiger partial charge in [-0.1, -0.05) is 18.2 Å². The van der Waals surface area contributed by atoms with E-state index in [0.717, 1.165) is 30.1 Å². The van der Waals surface area contributed by atoms with E-state index in [9.17, 15) is 4.79 Å². The van der Waals surface area contributed by atoms with Gasteiger partial charge >= 0.3 is 0 Å². The molecule has 0 atom stereocenters. The number of aromatic nitrogens is 1. The number of hydrogen-bond donors (Lipinski definition) is 1. The molecule has 5 heteroatoms. The van der Waals surface area contributed by atoms with Crippen LogP contribution < -0.4 is 15.0 Å². The number of benzene rings is 1. The lowest BCUT2D eigenvalue weighted by Crippen LogP contribution is -2.30. The Morgan fingerprint density at radius 1 is 1.21 bits per heavy atom. The fourth-order valence-corrected chi connectivity index (χ4v) is 3.00. The Bertz CT molecular complexity index is 697. The summed E-state index contributed by atoms with van der Waals surface area (Å²) in [6.07, 6.45) is 7.13. The summed E-state index contributed by atoms with van der Waals surface area (Å²) >= 11 is 0. The van der Waals surface area contributed by atoms with Crippen molar-refractivity contribution in [1.29, 1.82) is 0 Å². The largest absolute Gasteiger partial charge is 0.496 e. The van der Waals surface area contributed by atoms with E-state index in [-0.39, 0.29) is 5.91 Å². The molecule has 0 aliphatic carbocycles. The van der Waals surface area contributed by atoms with Gasteiger partial charge in [0, 0.05) is 31.4 Å². The molecular weight excluding hydrogens is 302 g/mol. The highest BCUT2D eigenvalue weighted by molar-refractivity contribution is 5.94. The van der Waals surface area contributed by atoms with Gasteiger partial charge < -0.3 is 15.0 Å². The Kier molecular flexibility index (Phi) is 5.31. The molecule has 1 aliphatic rings. The van der Waals surface area contributed by atoms with E-state index in [1.165, 1.54) is 19.3 Å². The number of pyridine rings is 1. The van der Waals surface area contributed by atoms with Gasteiger partial charge in [-0.05, 0) is 31.4 Å². The number of methoxy groups -OCH3 is 1. The summed E-state index contributed by atoms with van der Waals surface area (Å²) in [7, 11) is 1.63. The zero-order chi connectivity index (χ0) is 16.8. The third-order valence-corrected chi connectivity index (χ3v) is 4.34. The summed E-state index contributed by atoms with van der Waals surface area (Å²) in [5, 5.41) is 2.94. The predicted octanol–water partition coefficient (Wildman–Crippen LogP) is 3.01. The van der Waals surface area contributed by atoms with E-state index in [1.807, 2.05) is 36.5 Å². The second-order valence-electron chi connectivity index (χ2n) is 5.97. The molecule has 5 nitrogen and oxygen atoms in total. The quantitative estimate of drug-likeness (QED) is 0.918. The molecule has 2 heterocycles. The summed E-state index contributed by atoms with van der Waals surface area (Å²) in [4.78, 5) is 19.0. The van der Waals surface area contributed by atoms with Crippen LogP contribution in [-0.2, 0) is 6.54 Å². The fraction of sp³-hybridized carbons (Fsp3) is 0.368. The van der Waals surface area contributed by atoms with Crippen LogP contribution in [0, 0.1) is 0 Å². The summed E-state index contributed by atoms with van der Waals surface area (Å²) < 4.78 is 5.31. The Morgan fingerprint density at radius 2 is 2.00 bits per heavy atom. The second-order valence-corrected chi connectivity index (χ2v) is 5.97. The summed E-state index contributed by atoms with van der Waals surface area (Å²) in [5.74, 6) is 0.658. The number of para-hydroxylation sites is 1. The molecule has 126 valence electrons. The monoisotopic (exact) mass is 325 g/mol. The van der Waals surface area contributed by atoms with E-state index in [2.05, 4.69) is 15.2 Å². The van der Waals surface area contributed by atoms with Crippen molar-refractivity contribution >= 4 is 11.6 Å². The lowest BCUT2D eigenvalue weighted by atomic mass is 10.1. The van der Waals surface area contributed by atoms with Crippen LogP contribution in [0.15, 0.2) is 42.7 Å². The van der Waals surface area contributed by atoms with Gasteiger partial charge in [-0.15, -0.1) is 0 Å². The number of amides is 1. The van der Waals surface area contributed by atoms with Gasteiger partial charge in [0.25, 0.3) is 5.91 Å². The maximum atomic E-state index is 12.4. The minimum Gasteiger partial charge on any atom is -0.496 e. The number of hydrogen-bond acceptors (Lipinski definition) is 4. The van der Waals surface area contributed by atoms with Gasteiger partial charge in [-0.2, -0.15) is 0 Å². The van der Waals surface area contributed by atoms with Gasteiger partial charge in [0.2, 0.25) is 0 Å². The molecule has 24 heavy (non-hydrogen) atoms. The standard InChI is InChI=1S/C19H23N3O2/c1-24-18-8-4-3-7-15(18)13-21-19(23)16-11-17(14-20-12-16)22-9-5-2-6-10-22/h3-4,7-8,11-12,14H,2,5-6,9-10,13H2,1H3,(H,21,23). The number of nitrogens with one attached hydrogen (secondary N) is 1. The lowest BCUT2D eigenvalue weighted by Gasteiger charge is -2.28. The van der Waals surface area contributed by atoms with Crippen molar-refractivity contribution in [3.63, 3.8) is 0 Å². The zero-order valence-electron chi connectivity index (χ0n) is 14.0. The highest BCUT2D eigenvalue weighted by Gasteiger charge is 2.14. The molecule has 0 bridgehead atoms. The van der Waals surface area contributed by atoms with Gasteiger partial charge in [0.15, 0.2) is 0 Å². The number of anilines is 1. The zero-order valence-corrected chi connectivity index (χ0v) is 14.0. The number of ether oxygens (including phenoxy) is 1. The highest BCUT2D eigenvalue weighted by Crippen LogP contribution is 2.20. The van der Waals surface area contributed by atoms with Crippen LogP contribution in [0.2, 0.25) is 0 Å². The number of rotatable bonds is 5. The molecule has 0 unspecified atom stereocenters. The predicted molar refractivity (Wildman–Crippen MR) is 94.5 cm³/mol. The molecule has 1 aliphatic heterocycles. The van der Waals surface area contributed by atoms with Gasteiger partial charge in [-0.3, -0.25) is 9.78 Å². The number of carbonyl (C=O) groups is 1. The van der Waals surface area contributed by atoms with Crippen molar-refractivity contribution in [2.75, 3.05) is 25.1 Å². The molecule has 0 spiro atoms. The van der Waals surface area contributed by atoms with Crippen molar-refractivity contribution in [3.05, 3.63) is 53.9 Å². The minimum absolute atomic E-state index is 0.118. The smallest absolute Gasteiger partial charge is 0.253 e. The lowest BCUT2D eigenvalue weighted by molar-refractivity contribution is 0.0950. The van der Waals surface area contributed by atoms with Crippen molar-refractivity contribution in [1.82, 2.24) is 10.3 Å². The Hall–Kier alpha value is -2.56. The average molecular weight is 325 g/mol. The maximum Gasteiger partial charge on any atom is 0.253 e. The molecule has 0 radical (unpaired) electrons. The molecule has 1 aromatic heterocycles. The van der Waals surface area contributed by atoms with Crippen molar-refractivity contribution in [3.8, 4) is 5.75 Å².